The molecule has 1 atom stereocenters. The average molecular weight is 479 g/mol. The third kappa shape index (κ3) is 7.16. The zero-order valence-electron chi connectivity index (χ0n) is 17.7. The van der Waals surface area contributed by atoms with E-state index in [4.69, 9.17) is 23.2 Å². The summed E-state index contributed by atoms with van der Waals surface area (Å²) in [5, 5.41) is 4.40. The monoisotopic (exact) mass is 478 g/mol. The van der Waals surface area contributed by atoms with Crippen LogP contribution in [0.4, 0.5) is 0 Å². The second kappa shape index (κ2) is 11.8. The second-order valence-electron chi connectivity index (χ2n) is 7.83. The van der Waals surface area contributed by atoms with Gasteiger partial charge in [-0.1, -0.05) is 54.2 Å². The number of hydrogen-bond acceptors (Lipinski definition) is 3. The molecular formula is C24H28Cl2N2O2S. The first-order valence-corrected chi connectivity index (χ1v) is 12.4. The molecule has 1 aliphatic carbocycles. The molecule has 2 aromatic rings. The van der Waals surface area contributed by atoms with Gasteiger partial charge in [0, 0.05) is 39.7 Å². The van der Waals surface area contributed by atoms with Gasteiger partial charge in [-0.2, -0.15) is 0 Å². The number of rotatable bonds is 9. The molecule has 7 heteroatoms. The Bertz CT molecular complexity index is 885. The van der Waals surface area contributed by atoms with Crippen molar-refractivity contribution in [1.82, 2.24) is 10.2 Å². The summed E-state index contributed by atoms with van der Waals surface area (Å²) in [6, 6.07) is 14.7. The molecule has 31 heavy (non-hydrogen) atoms. The normalized spacial score (nSPS) is 14.9. The van der Waals surface area contributed by atoms with Crippen LogP contribution >= 0.6 is 35.0 Å². The van der Waals surface area contributed by atoms with Gasteiger partial charge in [0.05, 0.1) is 0 Å². The molecule has 4 nitrogen and oxygen atoms in total. The van der Waals surface area contributed by atoms with Gasteiger partial charge in [0.15, 0.2) is 0 Å². The average Bonchev–Trinajstić information content (AvgIpc) is 3.27. The van der Waals surface area contributed by atoms with E-state index in [1.165, 1.54) is 0 Å². The number of amides is 2. The van der Waals surface area contributed by atoms with E-state index in [-0.39, 0.29) is 17.9 Å². The molecule has 0 saturated heterocycles. The van der Waals surface area contributed by atoms with E-state index in [2.05, 4.69) is 5.32 Å². The van der Waals surface area contributed by atoms with Crippen LogP contribution < -0.4 is 5.32 Å². The number of nitrogens with zero attached hydrogens (tertiary/aromatic N) is 1. The summed E-state index contributed by atoms with van der Waals surface area (Å²) in [4.78, 5) is 28.8. The van der Waals surface area contributed by atoms with E-state index in [0.717, 1.165) is 36.1 Å². The van der Waals surface area contributed by atoms with Gasteiger partial charge in [0.25, 0.3) is 0 Å². The van der Waals surface area contributed by atoms with Crippen LogP contribution in [-0.2, 0) is 16.1 Å². The van der Waals surface area contributed by atoms with Gasteiger partial charge in [0.1, 0.15) is 6.04 Å². The largest absolute Gasteiger partial charge is 0.352 e. The Morgan fingerprint density at radius 1 is 1.10 bits per heavy atom. The molecule has 1 N–H and O–H groups in total. The van der Waals surface area contributed by atoms with Gasteiger partial charge in [-0.25, -0.2) is 0 Å². The third-order valence-corrected chi connectivity index (χ3v) is 7.20. The highest BCUT2D eigenvalue weighted by Gasteiger charge is 2.28. The molecule has 1 fully saturated rings. The summed E-state index contributed by atoms with van der Waals surface area (Å²) in [6.45, 7) is 2.11. The standard InChI is InChI=1S/C24H28Cl2N2O2S/c1-17(24(30)27-20-7-3-4-8-20)28(16-18-6-2-5-9-22(18)26)23(29)14-15-31-21-12-10-19(25)11-13-21/h2,5-6,9-13,17,20H,3-4,7-8,14-16H2,1H3,(H,27,30). The molecule has 1 unspecified atom stereocenters. The number of carbonyl (C=O) groups is 2. The maximum Gasteiger partial charge on any atom is 0.242 e. The summed E-state index contributed by atoms with van der Waals surface area (Å²) in [5.41, 5.74) is 0.836. The SMILES string of the molecule is CC(C(=O)NC1CCCC1)N(Cc1ccccc1Cl)C(=O)CCSc1ccc(Cl)cc1. The number of thioether (sulfide) groups is 1. The van der Waals surface area contributed by atoms with Crippen molar-refractivity contribution in [3.05, 3.63) is 64.1 Å². The van der Waals surface area contributed by atoms with Crippen LogP contribution in [0.15, 0.2) is 53.4 Å². The van der Waals surface area contributed by atoms with Crippen molar-refractivity contribution in [2.24, 2.45) is 0 Å². The highest BCUT2D eigenvalue weighted by Crippen LogP contribution is 2.24. The Kier molecular flexibility index (Phi) is 9.12. The van der Waals surface area contributed by atoms with Gasteiger partial charge >= 0.3 is 0 Å². The maximum absolute atomic E-state index is 13.2. The fourth-order valence-electron chi connectivity index (χ4n) is 3.72. The van der Waals surface area contributed by atoms with Crippen molar-refractivity contribution in [3.8, 4) is 0 Å². The molecular weight excluding hydrogens is 451 g/mol. The van der Waals surface area contributed by atoms with Crippen LogP contribution in [0.25, 0.3) is 0 Å². The third-order valence-electron chi connectivity index (χ3n) is 5.57. The fourth-order valence-corrected chi connectivity index (χ4v) is 4.88. The highest BCUT2D eigenvalue weighted by molar-refractivity contribution is 7.99. The van der Waals surface area contributed by atoms with Crippen molar-refractivity contribution in [1.29, 1.82) is 0 Å². The molecule has 166 valence electrons. The lowest BCUT2D eigenvalue weighted by Crippen LogP contribution is -2.49. The number of carbonyl (C=O) groups excluding carboxylic acids is 2. The van der Waals surface area contributed by atoms with Crippen LogP contribution in [0.5, 0.6) is 0 Å². The van der Waals surface area contributed by atoms with E-state index in [0.29, 0.717) is 28.8 Å². The van der Waals surface area contributed by atoms with Crippen molar-refractivity contribution in [2.75, 3.05) is 5.75 Å². The number of benzene rings is 2. The van der Waals surface area contributed by atoms with Gasteiger partial charge in [0.2, 0.25) is 11.8 Å². The number of halogens is 2. The topological polar surface area (TPSA) is 49.4 Å². The van der Waals surface area contributed by atoms with Crippen molar-refractivity contribution >= 4 is 46.8 Å². The lowest BCUT2D eigenvalue weighted by Gasteiger charge is -2.30. The van der Waals surface area contributed by atoms with E-state index in [9.17, 15) is 9.59 Å². The van der Waals surface area contributed by atoms with Gasteiger partial charge < -0.3 is 10.2 Å². The minimum Gasteiger partial charge on any atom is -0.352 e. The van der Waals surface area contributed by atoms with Crippen LogP contribution in [0, 0.1) is 0 Å². The first kappa shape index (κ1) is 24.0. The van der Waals surface area contributed by atoms with Gasteiger partial charge in [-0.05, 0) is 55.7 Å². The van der Waals surface area contributed by atoms with E-state index in [1.54, 1.807) is 29.7 Å². The Labute approximate surface area is 198 Å². The first-order chi connectivity index (χ1) is 14.9. The summed E-state index contributed by atoms with van der Waals surface area (Å²) in [7, 11) is 0. The van der Waals surface area contributed by atoms with Crippen molar-refractivity contribution in [3.63, 3.8) is 0 Å². The minimum atomic E-state index is -0.565. The zero-order chi connectivity index (χ0) is 22.2. The Morgan fingerprint density at radius 3 is 2.45 bits per heavy atom. The number of nitrogens with one attached hydrogen (secondary N) is 1. The molecule has 1 aliphatic rings. The number of hydrogen-bond donors (Lipinski definition) is 1. The molecule has 1 saturated carbocycles. The van der Waals surface area contributed by atoms with E-state index in [1.807, 2.05) is 42.5 Å². The first-order valence-electron chi connectivity index (χ1n) is 10.7. The molecule has 0 aromatic heterocycles. The second-order valence-corrected chi connectivity index (χ2v) is 9.84. The fraction of sp³-hybridized carbons (Fsp3) is 0.417. The zero-order valence-corrected chi connectivity index (χ0v) is 20.0. The van der Waals surface area contributed by atoms with Gasteiger partial charge in [-0.15, -0.1) is 11.8 Å². The highest BCUT2D eigenvalue weighted by atomic mass is 35.5. The lowest BCUT2D eigenvalue weighted by atomic mass is 10.1. The summed E-state index contributed by atoms with van der Waals surface area (Å²) in [6.07, 6.45) is 4.63. The molecule has 0 radical (unpaired) electrons. The Morgan fingerprint density at radius 2 is 1.77 bits per heavy atom. The maximum atomic E-state index is 13.2. The quantitative estimate of drug-likeness (QED) is 0.452. The van der Waals surface area contributed by atoms with Crippen LogP contribution in [0.2, 0.25) is 10.0 Å². The summed E-state index contributed by atoms with van der Waals surface area (Å²) >= 11 is 13.9. The predicted molar refractivity (Wildman–Crippen MR) is 129 cm³/mol. The van der Waals surface area contributed by atoms with E-state index >= 15 is 0 Å². The van der Waals surface area contributed by atoms with Gasteiger partial charge in [-0.3, -0.25) is 9.59 Å². The van der Waals surface area contributed by atoms with Crippen LogP contribution in [0.3, 0.4) is 0 Å². The lowest BCUT2D eigenvalue weighted by molar-refractivity contribution is -0.140. The van der Waals surface area contributed by atoms with Crippen molar-refractivity contribution in [2.45, 2.75) is 62.6 Å². The molecule has 0 bridgehead atoms. The smallest absolute Gasteiger partial charge is 0.242 e. The Balaban J connectivity index is 1.66. The van der Waals surface area contributed by atoms with E-state index < -0.39 is 6.04 Å². The summed E-state index contributed by atoms with van der Waals surface area (Å²) < 4.78 is 0. The molecule has 0 heterocycles. The minimum absolute atomic E-state index is 0.0598. The Hall–Kier alpha value is -1.69. The molecule has 0 aliphatic heterocycles. The molecule has 2 aromatic carbocycles. The predicted octanol–water partition coefficient (Wildman–Crippen LogP) is 5.95. The van der Waals surface area contributed by atoms with Crippen molar-refractivity contribution < 1.29 is 9.59 Å². The molecule has 2 amide bonds. The molecule has 0 spiro atoms. The van der Waals surface area contributed by atoms with Crippen LogP contribution in [-0.4, -0.2) is 34.6 Å². The molecule has 3 rings (SSSR count). The summed E-state index contributed by atoms with van der Waals surface area (Å²) in [5.74, 6) is 0.462. The van der Waals surface area contributed by atoms with Crippen LogP contribution in [0.1, 0.15) is 44.6 Å².